The number of carbonyl (C=O) groups is 1. The number of amides is 1. The molecule has 2 N–H and O–H groups in total. The number of likely N-dealkylation sites (N-methyl/N-ethyl adjacent to an activating group) is 1. The van der Waals surface area contributed by atoms with Gasteiger partial charge >= 0.3 is 0 Å². The van der Waals surface area contributed by atoms with E-state index < -0.39 is 10.0 Å². The number of benzene rings is 2. The fourth-order valence-corrected chi connectivity index (χ4v) is 6.46. The predicted molar refractivity (Wildman–Crippen MR) is 165 cm³/mol. The molecule has 1 fully saturated rings. The lowest BCUT2D eigenvalue weighted by atomic mass is 10.0. The SMILES string of the molecule is COc1ccc(Cl)c(Nc2nc3c(nc2NS(=O)(=O)c2cccc(C(=O)N4CCCCC4CN(C)C)c2)=CCCC=3)c1. The highest BCUT2D eigenvalue weighted by atomic mass is 35.5. The number of hydrogen-bond acceptors (Lipinski definition) is 8. The number of ether oxygens (including phenoxy) is 1. The van der Waals surface area contributed by atoms with Crippen molar-refractivity contribution >= 4 is 57.0 Å². The molecule has 12 heteroatoms. The number of carbonyl (C=O) groups excluding carboxylic acids is 1. The van der Waals surface area contributed by atoms with E-state index in [-0.39, 0.29) is 28.5 Å². The summed E-state index contributed by atoms with van der Waals surface area (Å²) >= 11 is 6.42. The molecule has 0 spiro atoms. The number of likely N-dealkylation sites (tertiary alicyclic amines) is 1. The molecular formula is C30H35ClN6O4S. The third-order valence-electron chi connectivity index (χ3n) is 7.31. The zero-order valence-corrected chi connectivity index (χ0v) is 25.5. The third-order valence-corrected chi connectivity index (χ3v) is 8.97. The Kier molecular flexibility index (Phi) is 9.00. The van der Waals surface area contributed by atoms with E-state index in [4.69, 9.17) is 16.3 Å². The molecule has 5 rings (SSSR count). The minimum absolute atomic E-state index is 0.0120. The largest absolute Gasteiger partial charge is 0.497 e. The highest BCUT2D eigenvalue weighted by Crippen LogP contribution is 2.31. The van der Waals surface area contributed by atoms with E-state index in [1.165, 1.54) is 12.1 Å². The Morgan fingerprint density at radius 2 is 1.81 bits per heavy atom. The highest BCUT2D eigenvalue weighted by Gasteiger charge is 2.29. The maximum Gasteiger partial charge on any atom is 0.263 e. The maximum atomic E-state index is 13.7. The zero-order valence-electron chi connectivity index (χ0n) is 23.9. The van der Waals surface area contributed by atoms with Gasteiger partial charge in [0.05, 0.1) is 33.4 Å². The van der Waals surface area contributed by atoms with Crippen molar-refractivity contribution in [2.24, 2.45) is 0 Å². The lowest BCUT2D eigenvalue weighted by Crippen LogP contribution is -2.48. The van der Waals surface area contributed by atoms with Gasteiger partial charge in [-0.3, -0.25) is 9.52 Å². The molecule has 1 saturated heterocycles. The Labute approximate surface area is 251 Å². The maximum absolute atomic E-state index is 13.7. The number of aromatic nitrogens is 2. The van der Waals surface area contributed by atoms with E-state index >= 15 is 0 Å². The summed E-state index contributed by atoms with van der Waals surface area (Å²) in [5.74, 6) is 0.592. The molecule has 42 heavy (non-hydrogen) atoms. The van der Waals surface area contributed by atoms with Gasteiger partial charge in [-0.2, -0.15) is 0 Å². The zero-order chi connectivity index (χ0) is 29.9. The Bertz CT molecular complexity index is 1710. The minimum Gasteiger partial charge on any atom is -0.497 e. The summed E-state index contributed by atoms with van der Waals surface area (Å²) in [6.45, 7) is 1.40. The van der Waals surface area contributed by atoms with Crippen LogP contribution >= 0.6 is 11.6 Å². The molecule has 1 aliphatic heterocycles. The molecule has 1 aliphatic carbocycles. The molecule has 1 amide bonds. The first-order valence-corrected chi connectivity index (χ1v) is 15.8. The first-order valence-electron chi connectivity index (χ1n) is 13.9. The van der Waals surface area contributed by atoms with Crippen molar-refractivity contribution in [2.75, 3.05) is 44.3 Å². The lowest BCUT2D eigenvalue weighted by Gasteiger charge is -2.37. The molecule has 10 nitrogen and oxygen atoms in total. The molecule has 2 aromatic carbocycles. The number of methoxy groups -OCH3 is 1. The van der Waals surface area contributed by atoms with Crippen LogP contribution in [0.15, 0.2) is 47.4 Å². The molecule has 222 valence electrons. The summed E-state index contributed by atoms with van der Waals surface area (Å²) in [4.78, 5) is 26.7. The summed E-state index contributed by atoms with van der Waals surface area (Å²) in [5, 5.41) is 4.75. The van der Waals surface area contributed by atoms with Crippen LogP contribution in [0.2, 0.25) is 5.02 Å². The minimum atomic E-state index is -4.15. The Balaban J connectivity index is 1.47. The number of halogens is 1. The molecule has 2 heterocycles. The van der Waals surface area contributed by atoms with Gasteiger partial charge in [0.2, 0.25) is 0 Å². The van der Waals surface area contributed by atoms with E-state index in [9.17, 15) is 13.2 Å². The Morgan fingerprint density at radius 1 is 1.07 bits per heavy atom. The molecule has 1 atom stereocenters. The number of rotatable bonds is 9. The number of nitrogens with one attached hydrogen (secondary N) is 2. The number of hydrogen-bond donors (Lipinski definition) is 2. The van der Waals surface area contributed by atoms with Crippen LogP contribution in [0.5, 0.6) is 5.75 Å². The van der Waals surface area contributed by atoms with Crippen molar-refractivity contribution in [3.8, 4) is 5.75 Å². The molecule has 0 bridgehead atoms. The fraction of sp³-hybridized carbons (Fsp3) is 0.367. The number of nitrogens with zero attached hydrogens (tertiary/aromatic N) is 4. The number of anilines is 3. The molecule has 2 aliphatic rings. The average Bonchev–Trinajstić information content (AvgIpc) is 2.98. The van der Waals surface area contributed by atoms with E-state index in [0.717, 1.165) is 38.6 Å². The Hall–Kier alpha value is -3.67. The summed E-state index contributed by atoms with van der Waals surface area (Å²) in [6.07, 6.45) is 8.37. The van der Waals surface area contributed by atoms with Crippen LogP contribution in [-0.4, -0.2) is 74.4 Å². The van der Waals surface area contributed by atoms with Crippen molar-refractivity contribution < 1.29 is 17.9 Å². The van der Waals surface area contributed by atoms with Crippen LogP contribution in [0.1, 0.15) is 42.5 Å². The van der Waals surface area contributed by atoms with Crippen LogP contribution in [0.4, 0.5) is 17.3 Å². The van der Waals surface area contributed by atoms with Gasteiger partial charge in [0.1, 0.15) is 5.75 Å². The monoisotopic (exact) mass is 610 g/mol. The van der Waals surface area contributed by atoms with Gasteiger partial charge in [-0.05, 0) is 76.5 Å². The van der Waals surface area contributed by atoms with Gasteiger partial charge in [-0.1, -0.05) is 29.8 Å². The van der Waals surface area contributed by atoms with Crippen LogP contribution in [0.3, 0.4) is 0 Å². The normalized spacial score (nSPS) is 16.7. The van der Waals surface area contributed by atoms with Crippen LogP contribution < -0.4 is 25.5 Å². The molecular weight excluding hydrogens is 576 g/mol. The first-order chi connectivity index (χ1) is 20.1. The molecule has 1 unspecified atom stereocenters. The van der Waals surface area contributed by atoms with Crippen molar-refractivity contribution in [3.05, 3.63) is 63.7 Å². The van der Waals surface area contributed by atoms with Crippen molar-refractivity contribution in [3.63, 3.8) is 0 Å². The van der Waals surface area contributed by atoms with Gasteiger partial charge in [0.25, 0.3) is 15.9 Å². The Morgan fingerprint density at radius 3 is 2.52 bits per heavy atom. The quantitative estimate of drug-likeness (QED) is 0.378. The van der Waals surface area contributed by atoms with E-state index in [1.54, 1.807) is 37.4 Å². The number of sulfonamides is 1. The predicted octanol–water partition coefficient (Wildman–Crippen LogP) is 3.59. The van der Waals surface area contributed by atoms with Crippen molar-refractivity contribution in [1.82, 2.24) is 19.8 Å². The first kappa shape index (κ1) is 29.8. The second-order valence-electron chi connectivity index (χ2n) is 10.7. The van der Waals surface area contributed by atoms with Crippen LogP contribution in [0.25, 0.3) is 12.2 Å². The second kappa shape index (κ2) is 12.7. The highest BCUT2D eigenvalue weighted by molar-refractivity contribution is 7.92. The third kappa shape index (κ3) is 6.69. The standard InChI is InChI=1S/C30H35ClN6O4S/c1-36(2)19-21-10-6-7-16-37(21)30(38)20-9-8-11-23(17-20)42(39,40)35-29-28(32-25-12-4-5-13-26(25)33-29)34-27-18-22(41-3)14-15-24(27)31/h8-9,11-15,17-18,21H,4-7,10,16,19H2,1-3H3,(H,32,34)(H,33,35). The van der Waals surface area contributed by atoms with Gasteiger partial charge in [-0.15, -0.1) is 0 Å². The average molecular weight is 611 g/mol. The summed E-state index contributed by atoms with van der Waals surface area (Å²) in [6, 6.07) is 11.3. The van der Waals surface area contributed by atoms with E-state index in [2.05, 4.69) is 24.9 Å². The van der Waals surface area contributed by atoms with Gasteiger partial charge in [-0.25, -0.2) is 18.4 Å². The van der Waals surface area contributed by atoms with Crippen LogP contribution in [0, 0.1) is 0 Å². The second-order valence-corrected chi connectivity index (χ2v) is 12.8. The number of piperidine rings is 1. The van der Waals surface area contributed by atoms with Gasteiger partial charge in [0.15, 0.2) is 11.6 Å². The van der Waals surface area contributed by atoms with Gasteiger partial charge < -0.3 is 19.9 Å². The molecule has 0 radical (unpaired) electrons. The van der Waals surface area contributed by atoms with E-state index in [1.807, 2.05) is 31.1 Å². The fourth-order valence-electron chi connectivity index (χ4n) is 5.24. The van der Waals surface area contributed by atoms with Crippen LogP contribution in [-0.2, 0) is 10.0 Å². The van der Waals surface area contributed by atoms with Crippen molar-refractivity contribution in [1.29, 1.82) is 0 Å². The molecule has 1 aromatic heterocycles. The van der Waals surface area contributed by atoms with Gasteiger partial charge in [0, 0.05) is 30.8 Å². The summed E-state index contributed by atoms with van der Waals surface area (Å²) in [5.41, 5.74) is 0.802. The molecule has 0 saturated carbocycles. The lowest BCUT2D eigenvalue weighted by molar-refractivity contribution is 0.0574. The summed E-state index contributed by atoms with van der Waals surface area (Å²) in [7, 11) is 1.37. The molecule has 3 aromatic rings. The van der Waals surface area contributed by atoms with Crippen molar-refractivity contribution in [2.45, 2.75) is 43.0 Å². The topological polar surface area (TPSA) is 117 Å². The van der Waals surface area contributed by atoms with E-state index in [0.29, 0.717) is 39.3 Å². The number of fused-ring (bicyclic) bond motifs is 1. The summed E-state index contributed by atoms with van der Waals surface area (Å²) < 4.78 is 35.3. The smallest absolute Gasteiger partial charge is 0.263 e.